The Morgan fingerprint density at radius 2 is 1.94 bits per heavy atom. The number of benzene rings is 1. The van der Waals surface area contributed by atoms with Gasteiger partial charge < -0.3 is 5.32 Å². The summed E-state index contributed by atoms with van der Waals surface area (Å²) in [5.74, 6) is 0.160. The molecule has 102 valence electrons. The minimum atomic E-state index is -3.25. The van der Waals surface area contributed by atoms with Gasteiger partial charge in [-0.1, -0.05) is 30.2 Å². The smallest absolute Gasteiger partial charge is 0.179 e. The minimum absolute atomic E-state index is 0.160. The average Bonchev–Trinajstić information content (AvgIpc) is 2.34. The van der Waals surface area contributed by atoms with Gasteiger partial charge in [0, 0.05) is 6.04 Å². The Morgan fingerprint density at radius 1 is 1.28 bits per heavy atom. The van der Waals surface area contributed by atoms with Crippen molar-refractivity contribution in [3.63, 3.8) is 0 Å². The summed E-state index contributed by atoms with van der Waals surface area (Å²) >= 11 is 5.91. The second-order valence-electron chi connectivity index (χ2n) is 4.43. The zero-order valence-electron chi connectivity index (χ0n) is 10.8. The predicted octanol–water partition coefficient (Wildman–Crippen LogP) is 2.89. The molecule has 1 aromatic rings. The SMILES string of the molecule is CNC(C)CCCCS(=O)(=O)c1ccccc1Cl. The van der Waals surface area contributed by atoms with Crippen molar-refractivity contribution in [2.45, 2.75) is 37.1 Å². The molecule has 0 radical (unpaired) electrons. The molecule has 0 bridgehead atoms. The van der Waals surface area contributed by atoms with Crippen molar-refractivity contribution in [1.82, 2.24) is 5.32 Å². The highest BCUT2D eigenvalue weighted by atomic mass is 35.5. The Bertz CT molecular complexity index is 474. The first-order chi connectivity index (χ1) is 8.47. The highest BCUT2D eigenvalue weighted by Gasteiger charge is 2.16. The second kappa shape index (κ2) is 7.12. The number of unbranched alkanes of at least 4 members (excludes halogenated alkanes) is 1. The summed E-state index contributed by atoms with van der Waals surface area (Å²) in [6, 6.07) is 7.02. The molecule has 1 atom stereocenters. The van der Waals surface area contributed by atoms with Crippen molar-refractivity contribution < 1.29 is 8.42 Å². The van der Waals surface area contributed by atoms with Gasteiger partial charge in [0.1, 0.15) is 0 Å². The first kappa shape index (κ1) is 15.5. The van der Waals surface area contributed by atoms with E-state index in [0.29, 0.717) is 17.5 Å². The monoisotopic (exact) mass is 289 g/mol. The van der Waals surface area contributed by atoms with Gasteiger partial charge in [-0.3, -0.25) is 0 Å². The zero-order chi connectivity index (χ0) is 13.6. The molecule has 1 aromatic carbocycles. The van der Waals surface area contributed by atoms with Crippen molar-refractivity contribution in [2.24, 2.45) is 0 Å². The van der Waals surface area contributed by atoms with E-state index in [0.717, 1.165) is 12.8 Å². The number of sulfone groups is 1. The van der Waals surface area contributed by atoms with Crippen LogP contribution in [-0.2, 0) is 9.84 Å². The summed E-state index contributed by atoms with van der Waals surface area (Å²) in [4.78, 5) is 0.244. The van der Waals surface area contributed by atoms with Crippen LogP contribution in [0.15, 0.2) is 29.2 Å². The fourth-order valence-electron chi connectivity index (χ4n) is 1.69. The summed E-state index contributed by atoms with van der Waals surface area (Å²) in [6.07, 6.45) is 2.54. The molecule has 0 saturated carbocycles. The molecular formula is C13H20ClNO2S. The third kappa shape index (κ3) is 4.59. The highest BCUT2D eigenvalue weighted by molar-refractivity contribution is 7.91. The Labute approximate surface area is 114 Å². The van der Waals surface area contributed by atoms with Gasteiger partial charge in [0.05, 0.1) is 15.7 Å². The van der Waals surface area contributed by atoms with Crippen molar-refractivity contribution in [2.75, 3.05) is 12.8 Å². The molecular weight excluding hydrogens is 270 g/mol. The highest BCUT2D eigenvalue weighted by Crippen LogP contribution is 2.22. The quantitative estimate of drug-likeness (QED) is 0.785. The molecule has 0 saturated heterocycles. The molecule has 5 heteroatoms. The van der Waals surface area contributed by atoms with E-state index < -0.39 is 9.84 Å². The van der Waals surface area contributed by atoms with E-state index in [1.807, 2.05) is 7.05 Å². The molecule has 0 aromatic heterocycles. The Morgan fingerprint density at radius 3 is 2.56 bits per heavy atom. The van der Waals surface area contributed by atoms with Gasteiger partial charge in [-0.25, -0.2) is 8.42 Å². The number of halogens is 1. The largest absolute Gasteiger partial charge is 0.317 e. The van der Waals surface area contributed by atoms with E-state index in [2.05, 4.69) is 12.2 Å². The molecule has 1 N–H and O–H groups in total. The third-order valence-electron chi connectivity index (χ3n) is 2.96. The fourth-order valence-corrected chi connectivity index (χ4v) is 3.64. The Hall–Kier alpha value is -0.580. The summed E-state index contributed by atoms with van der Waals surface area (Å²) in [5, 5.41) is 3.44. The summed E-state index contributed by atoms with van der Waals surface area (Å²) < 4.78 is 24.1. The normalized spacial score (nSPS) is 13.5. The predicted molar refractivity (Wildman–Crippen MR) is 75.9 cm³/mol. The topological polar surface area (TPSA) is 46.2 Å². The number of nitrogens with one attached hydrogen (secondary N) is 1. The maximum atomic E-state index is 12.1. The maximum absolute atomic E-state index is 12.1. The first-order valence-corrected chi connectivity index (χ1v) is 8.15. The molecule has 0 amide bonds. The van der Waals surface area contributed by atoms with Crippen LogP contribution in [0.2, 0.25) is 5.02 Å². The number of hydrogen-bond acceptors (Lipinski definition) is 3. The van der Waals surface area contributed by atoms with Gasteiger partial charge in [-0.2, -0.15) is 0 Å². The molecule has 18 heavy (non-hydrogen) atoms. The van der Waals surface area contributed by atoms with Gasteiger partial charge in [-0.15, -0.1) is 0 Å². The van der Waals surface area contributed by atoms with Crippen LogP contribution in [0.4, 0.5) is 0 Å². The van der Waals surface area contributed by atoms with E-state index in [4.69, 9.17) is 11.6 Å². The fraction of sp³-hybridized carbons (Fsp3) is 0.538. The van der Waals surface area contributed by atoms with Crippen LogP contribution in [0.1, 0.15) is 26.2 Å². The summed E-state index contributed by atoms with van der Waals surface area (Å²) in [5.41, 5.74) is 0. The zero-order valence-corrected chi connectivity index (χ0v) is 12.4. The summed E-state index contributed by atoms with van der Waals surface area (Å²) in [7, 11) is -1.34. The van der Waals surface area contributed by atoms with Crippen LogP contribution in [0, 0.1) is 0 Å². The average molecular weight is 290 g/mol. The number of hydrogen-bond donors (Lipinski definition) is 1. The minimum Gasteiger partial charge on any atom is -0.317 e. The lowest BCUT2D eigenvalue weighted by molar-refractivity contribution is 0.533. The van der Waals surface area contributed by atoms with Crippen molar-refractivity contribution >= 4 is 21.4 Å². The van der Waals surface area contributed by atoms with Crippen molar-refractivity contribution in [3.8, 4) is 0 Å². The molecule has 1 unspecified atom stereocenters. The molecule has 0 aliphatic heterocycles. The number of rotatable bonds is 7. The lowest BCUT2D eigenvalue weighted by atomic mass is 10.1. The van der Waals surface area contributed by atoms with Crippen LogP contribution >= 0.6 is 11.6 Å². The van der Waals surface area contributed by atoms with E-state index in [1.165, 1.54) is 0 Å². The van der Waals surface area contributed by atoms with E-state index >= 15 is 0 Å². The molecule has 1 rings (SSSR count). The van der Waals surface area contributed by atoms with Crippen LogP contribution in [0.5, 0.6) is 0 Å². The van der Waals surface area contributed by atoms with Gasteiger partial charge in [0.2, 0.25) is 0 Å². The molecule has 0 heterocycles. The molecule has 0 aliphatic carbocycles. The Kier molecular flexibility index (Phi) is 6.12. The van der Waals surface area contributed by atoms with Gasteiger partial charge >= 0.3 is 0 Å². The van der Waals surface area contributed by atoms with Crippen molar-refractivity contribution in [3.05, 3.63) is 29.3 Å². The van der Waals surface area contributed by atoms with E-state index in [9.17, 15) is 8.42 Å². The van der Waals surface area contributed by atoms with E-state index in [1.54, 1.807) is 24.3 Å². The molecule has 0 spiro atoms. The van der Waals surface area contributed by atoms with Crippen molar-refractivity contribution in [1.29, 1.82) is 0 Å². The standard InChI is InChI=1S/C13H20ClNO2S/c1-11(15-2)7-5-6-10-18(16,17)13-9-4-3-8-12(13)14/h3-4,8-9,11,15H,5-7,10H2,1-2H3. The van der Waals surface area contributed by atoms with Gasteiger partial charge in [0.25, 0.3) is 0 Å². The van der Waals surface area contributed by atoms with Crippen LogP contribution in [-0.4, -0.2) is 27.3 Å². The molecule has 0 fully saturated rings. The van der Waals surface area contributed by atoms with Crippen LogP contribution < -0.4 is 5.32 Å². The van der Waals surface area contributed by atoms with Gasteiger partial charge in [0.15, 0.2) is 9.84 Å². The second-order valence-corrected chi connectivity index (χ2v) is 6.92. The Balaban J connectivity index is 2.54. The van der Waals surface area contributed by atoms with Crippen LogP contribution in [0.25, 0.3) is 0 Å². The lowest BCUT2D eigenvalue weighted by Crippen LogP contribution is -2.21. The molecule has 3 nitrogen and oxygen atoms in total. The summed E-state index contributed by atoms with van der Waals surface area (Å²) in [6.45, 7) is 2.09. The van der Waals surface area contributed by atoms with Crippen LogP contribution in [0.3, 0.4) is 0 Å². The lowest BCUT2D eigenvalue weighted by Gasteiger charge is -2.10. The third-order valence-corrected chi connectivity index (χ3v) is 5.26. The van der Waals surface area contributed by atoms with Gasteiger partial charge in [-0.05, 0) is 38.9 Å². The first-order valence-electron chi connectivity index (χ1n) is 6.12. The van der Waals surface area contributed by atoms with E-state index in [-0.39, 0.29) is 10.6 Å². The maximum Gasteiger partial charge on any atom is 0.179 e. The molecule has 0 aliphatic rings.